The van der Waals surface area contributed by atoms with Gasteiger partial charge in [0.15, 0.2) is 0 Å². The van der Waals surface area contributed by atoms with Crippen molar-refractivity contribution in [3.05, 3.63) is 35.6 Å². The number of hydrogen-bond donors (Lipinski definition) is 0. The summed E-state index contributed by atoms with van der Waals surface area (Å²) in [6.45, 7) is 14.5. The minimum Gasteiger partial charge on any atom is -0.273 e. The first-order chi connectivity index (χ1) is 7.47. The monoisotopic (exact) mass is 219 g/mol. The first kappa shape index (κ1) is 14.9. The molecule has 0 aliphatic carbocycles. The summed E-state index contributed by atoms with van der Waals surface area (Å²) in [5, 5.41) is 0. The third-order valence-corrected chi connectivity index (χ3v) is 2.88. The molecule has 0 unspecified atom stereocenters. The highest BCUT2D eigenvalue weighted by atomic mass is 14.6. The van der Waals surface area contributed by atoms with Crippen LogP contribution in [0.2, 0.25) is 0 Å². The highest BCUT2D eigenvalue weighted by molar-refractivity contribution is 5.30. The van der Waals surface area contributed by atoms with Gasteiger partial charge in [0.25, 0.3) is 0 Å². The van der Waals surface area contributed by atoms with Crippen LogP contribution in [0.5, 0.6) is 0 Å². The van der Waals surface area contributed by atoms with E-state index in [9.17, 15) is 0 Å². The number of allylic oxidation sites excluding steroid dienone is 5. The molecule has 0 aliphatic heterocycles. The van der Waals surface area contributed by atoms with Gasteiger partial charge >= 0.3 is 0 Å². The molecule has 0 saturated heterocycles. The van der Waals surface area contributed by atoms with E-state index >= 15 is 0 Å². The van der Waals surface area contributed by atoms with Gasteiger partial charge in [-0.2, -0.15) is 0 Å². The number of nitrogens with zero attached hydrogens (tertiary/aromatic N) is 1. The van der Waals surface area contributed by atoms with E-state index in [1.165, 1.54) is 11.1 Å². The summed E-state index contributed by atoms with van der Waals surface area (Å²) >= 11 is 0. The Balaban J connectivity index is 5.00. The molecule has 0 rings (SSSR count). The van der Waals surface area contributed by atoms with Crippen LogP contribution < -0.4 is 0 Å². The first-order valence-corrected chi connectivity index (χ1v) is 5.99. The van der Waals surface area contributed by atoms with E-state index < -0.39 is 0 Å². The van der Waals surface area contributed by atoms with E-state index in [0.717, 1.165) is 12.8 Å². The molecule has 0 bridgehead atoms. The molecule has 1 nitrogen and oxygen atoms in total. The summed E-state index contributed by atoms with van der Waals surface area (Å²) in [5.74, 6) is 0. The average Bonchev–Trinajstić information content (AvgIpc) is 2.24. The molecule has 0 N–H and O–H groups in total. The highest BCUT2D eigenvalue weighted by Gasteiger charge is 2.16. The molecule has 0 spiro atoms. The normalized spacial score (nSPS) is 14.6. The smallest absolute Gasteiger partial charge is 0.0263 e. The average molecular weight is 219 g/mol. The van der Waals surface area contributed by atoms with Gasteiger partial charge in [0.1, 0.15) is 0 Å². The van der Waals surface area contributed by atoms with Crippen LogP contribution >= 0.6 is 0 Å². The van der Waals surface area contributed by atoms with Gasteiger partial charge < -0.3 is 0 Å². The van der Waals surface area contributed by atoms with Crippen LogP contribution in [-0.2, 0) is 0 Å². The summed E-state index contributed by atoms with van der Waals surface area (Å²) in [6, 6.07) is 0. The van der Waals surface area contributed by atoms with E-state index in [1.54, 1.807) is 6.20 Å². The fourth-order valence-corrected chi connectivity index (χ4v) is 1.56. The van der Waals surface area contributed by atoms with E-state index in [4.69, 9.17) is 0 Å². The molecule has 90 valence electrons. The standard InChI is InChI=1S/C15H25N/c1-7-9-13(3)15(4,5)12-14(8-2)10-11-16-6/h9-12H,6-8H2,1-5H3/b11-10-,13-9+,14-12+. The predicted octanol–water partition coefficient (Wildman–Crippen LogP) is 4.92. The maximum atomic E-state index is 3.75. The van der Waals surface area contributed by atoms with Gasteiger partial charge in [-0.3, -0.25) is 4.99 Å². The Labute approximate surface area is 101 Å². The van der Waals surface area contributed by atoms with Crippen LogP contribution in [-0.4, -0.2) is 6.72 Å². The number of hydrogen-bond acceptors (Lipinski definition) is 1. The van der Waals surface area contributed by atoms with Crippen molar-refractivity contribution in [2.45, 2.75) is 47.5 Å². The molecule has 0 aromatic rings. The zero-order chi connectivity index (χ0) is 12.6. The molecule has 0 fully saturated rings. The number of rotatable bonds is 6. The van der Waals surface area contributed by atoms with E-state index in [2.05, 4.69) is 58.5 Å². The fraction of sp³-hybridized carbons (Fsp3) is 0.533. The lowest BCUT2D eigenvalue weighted by atomic mass is 9.82. The maximum Gasteiger partial charge on any atom is 0.0263 e. The summed E-state index contributed by atoms with van der Waals surface area (Å²) in [5.41, 5.74) is 2.84. The Morgan fingerprint density at radius 1 is 1.31 bits per heavy atom. The van der Waals surface area contributed by atoms with Crippen LogP contribution in [0.15, 0.2) is 40.6 Å². The fourth-order valence-electron chi connectivity index (χ4n) is 1.56. The van der Waals surface area contributed by atoms with Crippen LogP contribution in [0.3, 0.4) is 0 Å². The SMILES string of the molecule is C=N/C=C\C(=C\C(C)(C)/C(C)=C/CC)CC. The van der Waals surface area contributed by atoms with Crippen LogP contribution in [0.25, 0.3) is 0 Å². The Bertz CT molecular complexity index is 303. The Kier molecular flexibility index (Phi) is 6.71. The zero-order valence-corrected chi connectivity index (χ0v) is 11.4. The van der Waals surface area contributed by atoms with Crippen molar-refractivity contribution in [3.8, 4) is 0 Å². The van der Waals surface area contributed by atoms with Gasteiger partial charge in [0.05, 0.1) is 0 Å². The van der Waals surface area contributed by atoms with Crippen molar-refractivity contribution in [3.63, 3.8) is 0 Å². The van der Waals surface area contributed by atoms with Gasteiger partial charge in [-0.15, -0.1) is 0 Å². The molecule has 0 aromatic heterocycles. The van der Waals surface area contributed by atoms with Crippen molar-refractivity contribution in [2.75, 3.05) is 0 Å². The molecular weight excluding hydrogens is 194 g/mol. The summed E-state index contributed by atoms with van der Waals surface area (Å²) in [7, 11) is 0. The molecule has 0 saturated carbocycles. The van der Waals surface area contributed by atoms with Crippen molar-refractivity contribution >= 4 is 6.72 Å². The quantitative estimate of drug-likeness (QED) is 0.341. The Hall–Kier alpha value is -1.11. The van der Waals surface area contributed by atoms with Gasteiger partial charge in [0.2, 0.25) is 0 Å². The highest BCUT2D eigenvalue weighted by Crippen LogP contribution is 2.30. The van der Waals surface area contributed by atoms with Crippen molar-refractivity contribution in [1.82, 2.24) is 0 Å². The lowest BCUT2D eigenvalue weighted by molar-refractivity contribution is 0.571. The largest absolute Gasteiger partial charge is 0.273 e. The third-order valence-electron chi connectivity index (χ3n) is 2.88. The summed E-state index contributed by atoms with van der Waals surface area (Å²) < 4.78 is 0. The van der Waals surface area contributed by atoms with Crippen LogP contribution in [0.4, 0.5) is 0 Å². The Morgan fingerprint density at radius 2 is 1.94 bits per heavy atom. The minimum absolute atomic E-state index is 0.118. The van der Waals surface area contributed by atoms with Gasteiger partial charge in [-0.25, -0.2) is 0 Å². The Morgan fingerprint density at radius 3 is 2.38 bits per heavy atom. The van der Waals surface area contributed by atoms with Crippen LogP contribution in [0, 0.1) is 5.41 Å². The van der Waals surface area contributed by atoms with Gasteiger partial charge in [0, 0.05) is 11.6 Å². The lowest BCUT2D eigenvalue weighted by Gasteiger charge is -2.23. The van der Waals surface area contributed by atoms with E-state index in [0.29, 0.717) is 0 Å². The summed E-state index contributed by atoms with van der Waals surface area (Å²) in [4.78, 5) is 3.75. The molecule has 0 heterocycles. The zero-order valence-electron chi connectivity index (χ0n) is 11.4. The van der Waals surface area contributed by atoms with Crippen LogP contribution in [0.1, 0.15) is 47.5 Å². The first-order valence-electron chi connectivity index (χ1n) is 5.99. The van der Waals surface area contributed by atoms with Crippen molar-refractivity contribution in [2.24, 2.45) is 10.4 Å². The molecule has 0 amide bonds. The molecule has 1 heteroatoms. The third kappa shape index (κ3) is 5.11. The maximum absolute atomic E-state index is 3.75. The predicted molar refractivity (Wildman–Crippen MR) is 74.9 cm³/mol. The molecule has 0 atom stereocenters. The number of aliphatic imine (C=N–C) groups is 1. The van der Waals surface area contributed by atoms with Crippen molar-refractivity contribution < 1.29 is 0 Å². The summed E-state index contributed by atoms with van der Waals surface area (Å²) in [6.07, 6.45) is 10.5. The van der Waals surface area contributed by atoms with Gasteiger partial charge in [-0.05, 0) is 38.1 Å². The molecular formula is C15H25N. The molecule has 0 aliphatic rings. The molecule has 0 radical (unpaired) electrons. The lowest BCUT2D eigenvalue weighted by Crippen LogP contribution is -2.10. The molecule has 16 heavy (non-hydrogen) atoms. The second-order valence-corrected chi connectivity index (χ2v) is 4.59. The van der Waals surface area contributed by atoms with Crippen molar-refractivity contribution in [1.29, 1.82) is 0 Å². The second kappa shape index (κ2) is 7.21. The minimum atomic E-state index is 0.118. The topological polar surface area (TPSA) is 12.4 Å². The van der Waals surface area contributed by atoms with Gasteiger partial charge in [-0.1, -0.05) is 45.4 Å². The van der Waals surface area contributed by atoms with E-state index in [1.807, 2.05) is 6.08 Å². The molecule has 0 aromatic carbocycles. The second-order valence-electron chi connectivity index (χ2n) is 4.59. The van der Waals surface area contributed by atoms with E-state index in [-0.39, 0.29) is 5.41 Å².